The molecule has 0 N–H and O–H groups in total. The van der Waals surface area contributed by atoms with Gasteiger partial charge in [-0.1, -0.05) is 22.0 Å². The zero-order chi connectivity index (χ0) is 11.5. The van der Waals surface area contributed by atoms with Gasteiger partial charge in [0.25, 0.3) is 0 Å². The van der Waals surface area contributed by atoms with Gasteiger partial charge >= 0.3 is 0 Å². The van der Waals surface area contributed by atoms with Crippen molar-refractivity contribution in [2.24, 2.45) is 0 Å². The second-order valence-corrected chi connectivity index (χ2v) is 5.63. The first kappa shape index (κ1) is 12.3. The van der Waals surface area contributed by atoms with Crippen molar-refractivity contribution in [2.75, 3.05) is 11.4 Å². The van der Waals surface area contributed by atoms with Gasteiger partial charge in [0.15, 0.2) is 0 Å². The molecule has 1 nitrogen and oxygen atoms in total. The molecule has 2 rings (SSSR count). The van der Waals surface area contributed by atoms with Gasteiger partial charge in [0.1, 0.15) is 0 Å². The van der Waals surface area contributed by atoms with Gasteiger partial charge in [-0.3, -0.25) is 0 Å². The van der Waals surface area contributed by atoms with Crippen LogP contribution in [-0.4, -0.2) is 12.6 Å². The molecule has 0 aliphatic carbocycles. The molecule has 16 heavy (non-hydrogen) atoms. The third-order valence-corrected chi connectivity index (χ3v) is 4.08. The molecular formula is C13H17BrClN. The fourth-order valence-electron chi connectivity index (χ4n) is 2.37. The number of benzene rings is 1. The minimum Gasteiger partial charge on any atom is -0.369 e. The lowest BCUT2D eigenvalue weighted by atomic mass is 10.0. The SMILES string of the molecule is CC1CCCCN1c1cc(Br)ccc1CCl. The number of nitrogens with zero attached hydrogens (tertiary/aromatic N) is 1. The first-order valence-corrected chi connectivity index (χ1v) is 7.16. The average molecular weight is 303 g/mol. The maximum absolute atomic E-state index is 6.01. The maximum Gasteiger partial charge on any atom is 0.0494 e. The molecule has 0 spiro atoms. The standard InChI is InChI=1S/C13H17BrClN/c1-10-4-2-3-7-16(10)13-8-12(14)6-5-11(13)9-15/h5-6,8,10H,2-4,7,9H2,1H3. The molecule has 88 valence electrons. The number of hydrogen-bond acceptors (Lipinski definition) is 1. The third kappa shape index (κ3) is 2.54. The summed E-state index contributed by atoms with van der Waals surface area (Å²) in [4.78, 5) is 2.49. The van der Waals surface area contributed by atoms with Crippen molar-refractivity contribution in [3.8, 4) is 0 Å². The quantitative estimate of drug-likeness (QED) is 0.724. The summed E-state index contributed by atoms with van der Waals surface area (Å²) in [5.74, 6) is 0.589. The highest BCUT2D eigenvalue weighted by atomic mass is 79.9. The fraction of sp³-hybridized carbons (Fsp3) is 0.538. The lowest BCUT2D eigenvalue weighted by Crippen LogP contribution is -2.37. The van der Waals surface area contributed by atoms with Crippen LogP contribution in [0.1, 0.15) is 31.7 Å². The van der Waals surface area contributed by atoms with Crippen LogP contribution in [0, 0.1) is 0 Å². The minimum absolute atomic E-state index is 0.589. The average Bonchev–Trinajstić information content (AvgIpc) is 2.29. The van der Waals surface area contributed by atoms with Gasteiger partial charge in [0.2, 0.25) is 0 Å². The Morgan fingerprint density at radius 1 is 1.44 bits per heavy atom. The second-order valence-electron chi connectivity index (χ2n) is 4.44. The molecule has 0 amide bonds. The molecule has 0 aromatic heterocycles. The van der Waals surface area contributed by atoms with E-state index in [1.165, 1.54) is 30.5 Å². The van der Waals surface area contributed by atoms with Crippen molar-refractivity contribution in [1.82, 2.24) is 0 Å². The number of anilines is 1. The number of rotatable bonds is 2. The maximum atomic E-state index is 6.01. The smallest absolute Gasteiger partial charge is 0.0494 e. The molecule has 0 radical (unpaired) electrons. The summed E-state index contributed by atoms with van der Waals surface area (Å²) in [5, 5.41) is 0. The predicted molar refractivity (Wildman–Crippen MR) is 74.4 cm³/mol. The van der Waals surface area contributed by atoms with E-state index < -0.39 is 0 Å². The minimum atomic E-state index is 0.589. The fourth-order valence-corrected chi connectivity index (χ4v) is 2.95. The molecule has 1 heterocycles. The van der Waals surface area contributed by atoms with E-state index in [0.717, 1.165) is 11.0 Å². The Labute approximate surface area is 111 Å². The summed E-state index contributed by atoms with van der Waals surface area (Å²) in [5.41, 5.74) is 2.54. The van der Waals surface area contributed by atoms with Gasteiger partial charge in [0, 0.05) is 28.6 Å². The summed E-state index contributed by atoms with van der Waals surface area (Å²) in [6, 6.07) is 7.01. The molecule has 1 aromatic carbocycles. The topological polar surface area (TPSA) is 3.24 Å². The molecule has 3 heteroatoms. The molecule has 1 atom stereocenters. The summed E-state index contributed by atoms with van der Waals surface area (Å²) >= 11 is 9.55. The highest BCUT2D eigenvalue weighted by molar-refractivity contribution is 9.10. The number of hydrogen-bond donors (Lipinski definition) is 0. The Kier molecular flexibility index (Phi) is 4.15. The molecule has 1 aromatic rings. The first-order chi connectivity index (χ1) is 7.72. The highest BCUT2D eigenvalue weighted by Gasteiger charge is 2.20. The lowest BCUT2D eigenvalue weighted by molar-refractivity contribution is 0.484. The zero-order valence-electron chi connectivity index (χ0n) is 9.55. The van der Waals surface area contributed by atoms with Crippen molar-refractivity contribution in [3.63, 3.8) is 0 Å². The molecule has 1 saturated heterocycles. The molecule has 1 aliphatic heterocycles. The Morgan fingerprint density at radius 3 is 2.94 bits per heavy atom. The summed E-state index contributed by atoms with van der Waals surface area (Å²) in [6.07, 6.45) is 3.93. The Bertz CT molecular complexity index is 367. The summed E-state index contributed by atoms with van der Waals surface area (Å²) < 4.78 is 1.13. The molecule has 1 aliphatic rings. The summed E-state index contributed by atoms with van der Waals surface area (Å²) in [6.45, 7) is 3.46. The van der Waals surface area contributed by atoms with Crippen molar-refractivity contribution < 1.29 is 0 Å². The second kappa shape index (κ2) is 5.42. The van der Waals surface area contributed by atoms with Crippen LogP contribution in [0.15, 0.2) is 22.7 Å². The number of piperidine rings is 1. The highest BCUT2D eigenvalue weighted by Crippen LogP contribution is 2.31. The van der Waals surface area contributed by atoms with E-state index >= 15 is 0 Å². The Balaban J connectivity index is 2.33. The molecule has 0 saturated carbocycles. The van der Waals surface area contributed by atoms with Crippen LogP contribution in [0.4, 0.5) is 5.69 Å². The van der Waals surface area contributed by atoms with Gasteiger partial charge in [-0.05, 0) is 43.9 Å². The van der Waals surface area contributed by atoms with Crippen LogP contribution in [0.5, 0.6) is 0 Å². The summed E-state index contributed by atoms with van der Waals surface area (Å²) in [7, 11) is 0. The van der Waals surface area contributed by atoms with E-state index in [1.54, 1.807) is 0 Å². The molecule has 1 unspecified atom stereocenters. The molecular weight excluding hydrogens is 286 g/mol. The Hall–Kier alpha value is -0.210. The van der Waals surface area contributed by atoms with Crippen LogP contribution < -0.4 is 4.90 Å². The van der Waals surface area contributed by atoms with Gasteiger partial charge < -0.3 is 4.90 Å². The third-order valence-electron chi connectivity index (χ3n) is 3.30. The van der Waals surface area contributed by atoms with Gasteiger partial charge in [-0.15, -0.1) is 11.6 Å². The van der Waals surface area contributed by atoms with E-state index in [2.05, 4.69) is 46.0 Å². The normalized spacial score (nSPS) is 21.2. The largest absolute Gasteiger partial charge is 0.369 e. The van der Waals surface area contributed by atoms with E-state index in [0.29, 0.717) is 11.9 Å². The van der Waals surface area contributed by atoms with Crippen LogP contribution in [0.2, 0.25) is 0 Å². The van der Waals surface area contributed by atoms with Crippen molar-refractivity contribution in [1.29, 1.82) is 0 Å². The van der Waals surface area contributed by atoms with Gasteiger partial charge in [0.05, 0.1) is 0 Å². The van der Waals surface area contributed by atoms with Crippen LogP contribution >= 0.6 is 27.5 Å². The molecule has 0 bridgehead atoms. The lowest BCUT2D eigenvalue weighted by Gasteiger charge is -2.36. The Morgan fingerprint density at radius 2 is 2.25 bits per heavy atom. The van der Waals surface area contributed by atoms with Crippen molar-refractivity contribution in [3.05, 3.63) is 28.2 Å². The number of halogens is 2. The van der Waals surface area contributed by atoms with E-state index in [9.17, 15) is 0 Å². The van der Waals surface area contributed by atoms with Crippen LogP contribution in [0.3, 0.4) is 0 Å². The van der Waals surface area contributed by atoms with Crippen molar-refractivity contribution >= 4 is 33.2 Å². The van der Waals surface area contributed by atoms with Crippen LogP contribution in [0.25, 0.3) is 0 Å². The van der Waals surface area contributed by atoms with E-state index in [4.69, 9.17) is 11.6 Å². The van der Waals surface area contributed by atoms with Crippen molar-refractivity contribution in [2.45, 2.75) is 38.1 Å². The number of alkyl halides is 1. The molecule has 1 fully saturated rings. The van der Waals surface area contributed by atoms with E-state index in [1.807, 2.05) is 0 Å². The van der Waals surface area contributed by atoms with Gasteiger partial charge in [-0.25, -0.2) is 0 Å². The predicted octanol–water partition coefficient (Wildman–Crippen LogP) is 4.57. The van der Waals surface area contributed by atoms with Gasteiger partial charge in [-0.2, -0.15) is 0 Å². The first-order valence-electron chi connectivity index (χ1n) is 5.83. The van der Waals surface area contributed by atoms with E-state index in [-0.39, 0.29) is 0 Å². The monoisotopic (exact) mass is 301 g/mol. The van der Waals surface area contributed by atoms with Crippen LogP contribution in [-0.2, 0) is 5.88 Å². The zero-order valence-corrected chi connectivity index (χ0v) is 11.9.